The molecule has 0 aromatic heterocycles. The van der Waals surface area contributed by atoms with Crippen LogP contribution in [0, 0.1) is 0 Å². The van der Waals surface area contributed by atoms with E-state index in [4.69, 9.17) is 14.5 Å². The van der Waals surface area contributed by atoms with Gasteiger partial charge in [0.05, 0.1) is 6.61 Å². The van der Waals surface area contributed by atoms with Gasteiger partial charge in [0.15, 0.2) is 0 Å². The zero-order valence-corrected chi connectivity index (χ0v) is 14.4. The molecule has 1 atom stereocenters. The lowest BCUT2D eigenvalue weighted by Crippen LogP contribution is -2.23. The summed E-state index contributed by atoms with van der Waals surface area (Å²) in [6.07, 6.45) is 3.76. The largest absolute Gasteiger partial charge is 0.469 e. The predicted molar refractivity (Wildman–Crippen MR) is 88.2 cm³/mol. The molecule has 7 nitrogen and oxygen atoms in total. The maximum absolute atomic E-state index is 11.5. The molecule has 0 aliphatic rings. The summed E-state index contributed by atoms with van der Waals surface area (Å²) in [6.45, 7) is -0.927. The van der Waals surface area contributed by atoms with Crippen molar-refractivity contribution in [2.45, 2.75) is 44.6 Å². The Morgan fingerprint density at radius 3 is 2.38 bits per heavy atom. The summed E-state index contributed by atoms with van der Waals surface area (Å²) in [7, 11) is -4.62. The number of benzene rings is 1. The summed E-state index contributed by atoms with van der Waals surface area (Å²) >= 11 is 0. The van der Waals surface area contributed by atoms with Crippen molar-refractivity contribution in [1.29, 1.82) is 0 Å². The van der Waals surface area contributed by atoms with Gasteiger partial charge in [0, 0.05) is 6.42 Å². The first kappa shape index (κ1) is 20.8. The quantitative estimate of drug-likeness (QED) is 0.297. The molecule has 0 spiro atoms. The fraction of sp³-hybridized carbons (Fsp3) is 0.562. The number of aliphatic hydroxyl groups is 1. The second-order valence-corrected chi connectivity index (χ2v) is 6.76. The normalized spacial score (nSPS) is 12.8. The van der Waals surface area contributed by atoms with Crippen LogP contribution in [0.2, 0.25) is 0 Å². The van der Waals surface area contributed by atoms with E-state index in [0.29, 0.717) is 6.42 Å². The lowest BCUT2D eigenvalue weighted by Gasteiger charge is -2.12. The van der Waals surface area contributed by atoms with E-state index in [1.807, 2.05) is 18.2 Å². The van der Waals surface area contributed by atoms with E-state index in [9.17, 15) is 14.5 Å². The summed E-state index contributed by atoms with van der Waals surface area (Å²) in [5, 5.41) is 9.37. The maximum atomic E-state index is 11.5. The Morgan fingerprint density at radius 1 is 1.04 bits per heavy atom. The molecule has 0 aliphatic carbocycles. The minimum atomic E-state index is -4.62. The van der Waals surface area contributed by atoms with Gasteiger partial charge in [-0.05, 0) is 24.8 Å². The first-order valence-corrected chi connectivity index (χ1v) is 9.47. The van der Waals surface area contributed by atoms with E-state index in [-0.39, 0.29) is 13.0 Å². The van der Waals surface area contributed by atoms with Crippen LogP contribution in [0.3, 0.4) is 0 Å². The molecule has 0 aliphatic heterocycles. The Morgan fingerprint density at radius 2 is 1.71 bits per heavy atom. The van der Waals surface area contributed by atoms with E-state index in [1.54, 1.807) is 0 Å². The smallest absolute Gasteiger partial charge is 0.463 e. The Labute approximate surface area is 141 Å². The van der Waals surface area contributed by atoms with Crippen molar-refractivity contribution >= 4 is 13.8 Å². The van der Waals surface area contributed by atoms with E-state index in [0.717, 1.165) is 25.7 Å². The first-order chi connectivity index (χ1) is 11.4. The van der Waals surface area contributed by atoms with Crippen LogP contribution in [0.5, 0.6) is 0 Å². The monoisotopic (exact) mass is 360 g/mol. The van der Waals surface area contributed by atoms with E-state index >= 15 is 0 Å². The van der Waals surface area contributed by atoms with Gasteiger partial charge < -0.3 is 19.6 Å². The van der Waals surface area contributed by atoms with Gasteiger partial charge in [-0.2, -0.15) is 0 Å². The number of aliphatic hydroxyl groups excluding tert-OH is 1. The number of hydrogen-bond donors (Lipinski definition) is 3. The predicted octanol–water partition coefficient (Wildman–Crippen LogP) is 2.19. The fourth-order valence-corrected chi connectivity index (χ4v) is 2.46. The van der Waals surface area contributed by atoms with Crippen molar-refractivity contribution in [2.24, 2.45) is 0 Å². The topological polar surface area (TPSA) is 113 Å². The second-order valence-electron chi connectivity index (χ2n) is 5.52. The van der Waals surface area contributed by atoms with Gasteiger partial charge in [-0.3, -0.25) is 9.32 Å². The highest BCUT2D eigenvalue weighted by atomic mass is 31.2. The van der Waals surface area contributed by atoms with Crippen LogP contribution in [-0.2, 0) is 25.0 Å². The Bertz CT molecular complexity index is 514. The molecule has 0 saturated carbocycles. The van der Waals surface area contributed by atoms with Crippen molar-refractivity contribution in [3.63, 3.8) is 0 Å². The Balaban J connectivity index is 1.99. The molecule has 0 saturated heterocycles. The molecule has 1 rings (SSSR count). The van der Waals surface area contributed by atoms with Crippen molar-refractivity contribution in [3.8, 4) is 0 Å². The minimum absolute atomic E-state index is 0.261. The summed E-state index contributed by atoms with van der Waals surface area (Å²) in [6, 6.07) is 10.2. The third-order valence-electron chi connectivity index (χ3n) is 3.31. The molecule has 0 heterocycles. The molecule has 0 bridgehead atoms. The molecular formula is C16H25O7P. The maximum Gasteiger partial charge on any atom is 0.469 e. The Kier molecular flexibility index (Phi) is 9.83. The number of carbonyl (C=O) groups excluding carboxylic acids is 1. The van der Waals surface area contributed by atoms with Gasteiger partial charge in [-0.25, -0.2) is 4.57 Å². The first-order valence-electron chi connectivity index (χ1n) is 7.94. The van der Waals surface area contributed by atoms with Crippen LogP contribution in [0.4, 0.5) is 0 Å². The number of aryl methyl sites for hydroxylation is 1. The number of phosphoric ester groups is 1. The van der Waals surface area contributed by atoms with Crippen LogP contribution in [0.25, 0.3) is 0 Å². The molecule has 0 fully saturated rings. The van der Waals surface area contributed by atoms with E-state index in [2.05, 4.69) is 16.7 Å². The third kappa shape index (κ3) is 11.3. The molecule has 136 valence electrons. The zero-order valence-electron chi connectivity index (χ0n) is 13.5. The highest BCUT2D eigenvalue weighted by Gasteiger charge is 2.17. The average Bonchev–Trinajstić information content (AvgIpc) is 2.54. The van der Waals surface area contributed by atoms with Crippen molar-refractivity contribution < 1.29 is 33.5 Å². The number of phosphoric acid groups is 1. The SMILES string of the molecule is O=C(CCCCCCc1ccccc1)OC[C@@H](O)COP(=O)(O)O. The van der Waals surface area contributed by atoms with E-state index in [1.165, 1.54) is 5.56 Å². The number of unbranched alkanes of at least 4 members (excludes halogenated alkanes) is 3. The van der Waals surface area contributed by atoms with Crippen molar-refractivity contribution in [1.82, 2.24) is 0 Å². The number of hydrogen-bond acceptors (Lipinski definition) is 5. The van der Waals surface area contributed by atoms with Crippen LogP contribution in [0.15, 0.2) is 30.3 Å². The van der Waals surface area contributed by atoms with Crippen LogP contribution >= 0.6 is 7.82 Å². The molecule has 1 aromatic rings. The fourth-order valence-electron chi connectivity index (χ4n) is 2.09. The van der Waals surface area contributed by atoms with Crippen molar-refractivity contribution in [3.05, 3.63) is 35.9 Å². The molecule has 3 N–H and O–H groups in total. The minimum Gasteiger partial charge on any atom is -0.463 e. The van der Waals surface area contributed by atoms with Gasteiger partial charge in [0.25, 0.3) is 0 Å². The molecule has 24 heavy (non-hydrogen) atoms. The number of carbonyl (C=O) groups is 1. The summed E-state index contributed by atoms with van der Waals surface area (Å²) in [5.41, 5.74) is 1.31. The zero-order chi connectivity index (χ0) is 17.8. The second kappa shape index (κ2) is 11.3. The standard InChI is InChI=1S/C16H25O7P/c17-15(13-23-24(19,20)21)12-22-16(18)11-7-2-1-4-8-14-9-5-3-6-10-14/h3,5-6,9-10,15,17H,1-2,4,7-8,11-13H2,(H2,19,20,21)/t15-/m1/s1. The van der Waals surface area contributed by atoms with Gasteiger partial charge in [0.1, 0.15) is 12.7 Å². The summed E-state index contributed by atoms with van der Waals surface area (Å²) < 4.78 is 19.4. The van der Waals surface area contributed by atoms with Gasteiger partial charge in [-0.15, -0.1) is 0 Å². The summed E-state index contributed by atoms with van der Waals surface area (Å²) in [5.74, 6) is -0.437. The highest BCUT2D eigenvalue weighted by molar-refractivity contribution is 7.46. The van der Waals surface area contributed by atoms with E-state index < -0.39 is 26.5 Å². The highest BCUT2D eigenvalue weighted by Crippen LogP contribution is 2.35. The van der Waals surface area contributed by atoms with Crippen LogP contribution < -0.4 is 0 Å². The molecule has 0 radical (unpaired) electrons. The van der Waals surface area contributed by atoms with Crippen LogP contribution in [0.1, 0.15) is 37.7 Å². The summed E-state index contributed by atoms with van der Waals surface area (Å²) in [4.78, 5) is 28.4. The lowest BCUT2D eigenvalue weighted by atomic mass is 10.1. The van der Waals surface area contributed by atoms with Gasteiger partial charge >= 0.3 is 13.8 Å². The molecule has 8 heteroatoms. The van der Waals surface area contributed by atoms with Crippen molar-refractivity contribution in [2.75, 3.05) is 13.2 Å². The average molecular weight is 360 g/mol. The number of esters is 1. The number of ether oxygens (including phenoxy) is 1. The Hall–Kier alpha value is -1.24. The third-order valence-corrected chi connectivity index (χ3v) is 3.80. The van der Waals surface area contributed by atoms with Gasteiger partial charge in [-0.1, -0.05) is 43.2 Å². The molecule has 1 aromatic carbocycles. The number of rotatable bonds is 12. The molecule has 0 amide bonds. The van der Waals surface area contributed by atoms with Crippen LogP contribution in [-0.4, -0.2) is 40.2 Å². The molecule has 0 unspecified atom stereocenters. The molecular weight excluding hydrogens is 335 g/mol. The van der Waals surface area contributed by atoms with Gasteiger partial charge in [0.2, 0.25) is 0 Å². The lowest BCUT2D eigenvalue weighted by molar-refractivity contribution is -0.147.